The first-order valence-corrected chi connectivity index (χ1v) is 8.46. The Morgan fingerprint density at radius 3 is 2.39 bits per heavy atom. The quantitative estimate of drug-likeness (QED) is 0.847. The Balaban J connectivity index is 2.24. The molecule has 0 radical (unpaired) electrons. The average molecular weight is 330 g/mol. The normalized spacial score (nSPS) is 11.5. The second-order valence-electron chi connectivity index (χ2n) is 5.61. The number of hydrogen-bond acceptors (Lipinski definition) is 4. The fourth-order valence-corrected chi connectivity index (χ4v) is 2.80. The Kier molecular flexibility index (Phi) is 4.73. The predicted octanol–water partition coefficient (Wildman–Crippen LogP) is 2.31. The van der Waals surface area contributed by atoms with Crippen LogP contribution in [-0.4, -0.2) is 24.1 Å². The fraction of sp³-hybridized carbons (Fsp3) is 0.235. The van der Waals surface area contributed by atoms with Crippen LogP contribution in [0.2, 0.25) is 0 Å². The van der Waals surface area contributed by atoms with Crippen LogP contribution in [0.4, 0.5) is 5.82 Å². The summed E-state index contributed by atoms with van der Waals surface area (Å²) in [5.41, 5.74) is 0.270. The van der Waals surface area contributed by atoms with E-state index in [0.717, 1.165) is 5.56 Å². The number of nitrogens with one attached hydrogen (secondary N) is 1. The first-order chi connectivity index (χ1) is 10.7. The third-order valence-electron chi connectivity index (χ3n) is 2.92. The highest BCUT2D eigenvalue weighted by Crippen LogP contribution is 2.17. The van der Waals surface area contributed by atoms with E-state index in [1.807, 2.05) is 0 Å². The lowest BCUT2D eigenvalue weighted by Crippen LogP contribution is -2.15. The molecule has 0 spiro atoms. The van der Waals surface area contributed by atoms with Crippen LogP contribution >= 0.6 is 0 Å². The van der Waals surface area contributed by atoms with Crippen molar-refractivity contribution in [1.82, 2.24) is 4.98 Å². The molecule has 5 nitrogen and oxygen atoms in total. The summed E-state index contributed by atoms with van der Waals surface area (Å²) in [6, 6.07) is 9.64. The van der Waals surface area contributed by atoms with Gasteiger partial charge in [-0.05, 0) is 56.7 Å². The minimum atomic E-state index is -3.71. The fourth-order valence-electron chi connectivity index (χ4n) is 1.72. The SMILES string of the molecule is Cc1cccnc1NS(=O)(=O)c1ccc(C#CC(C)(C)O)cc1. The van der Waals surface area contributed by atoms with E-state index in [1.165, 1.54) is 18.3 Å². The number of sulfonamides is 1. The lowest BCUT2D eigenvalue weighted by Gasteiger charge is -2.09. The third-order valence-corrected chi connectivity index (χ3v) is 4.27. The van der Waals surface area contributed by atoms with E-state index in [-0.39, 0.29) is 4.90 Å². The number of aliphatic hydroxyl groups is 1. The van der Waals surface area contributed by atoms with Gasteiger partial charge >= 0.3 is 0 Å². The second kappa shape index (κ2) is 6.41. The molecule has 23 heavy (non-hydrogen) atoms. The number of hydrogen-bond donors (Lipinski definition) is 2. The molecule has 0 aliphatic heterocycles. The Morgan fingerprint density at radius 1 is 1.17 bits per heavy atom. The molecule has 6 heteroatoms. The number of aromatic nitrogens is 1. The minimum Gasteiger partial charge on any atom is -0.378 e. The van der Waals surface area contributed by atoms with Crippen molar-refractivity contribution in [3.63, 3.8) is 0 Å². The van der Waals surface area contributed by atoms with E-state index in [9.17, 15) is 13.5 Å². The van der Waals surface area contributed by atoms with Gasteiger partial charge < -0.3 is 5.11 Å². The Hall–Kier alpha value is -2.36. The van der Waals surface area contributed by atoms with Gasteiger partial charge in [0.2, 0.25) is 0 Å². The summed E-state index contributed by atoms with van der Waals surface area (Å²) >= 11 is 0. The van der Waals surface area contributed by atoms with E-state index >= 15 is 0 Å². The molecule has 0 bridgehead atoms. The van der Waals surface area contributed by atoms with Gasteiger partial charge in [-0.15, -0.1) is 0 Å². The van der Waals surface area contributed by atoms with Gasteiger partial charge in [-0.2, -0.15) is 0 Å². The first kappa shape index (κ1) is 17.0. The largest absolute Gasteiger partial charge is 0.378 e. The highest BCUT2D eigenvalue weighted by atomic mass is 32.2. The van der Waals surface area contributed by atoms with Crippen molar-refractivity contribution in [3.05, 3.63) is 53.7 Å². The van der Waals surface area contributed by atoms with Gasteiger partial charge in [-0.3, -0.25) is 4.72 Å². The van der Waals surface area contributed by atoms with Crippen molar-refractivity contribution in [2.45, 2.75) is 31.3 Å². The Morgan fingerprint density at radius 2 is 1.83 bits per heavy atom. The van der Waals surface area contributed by atoms with Crippen LogP contribution in [0.25, 0.3) is 0 Å². The highest BCUT2D eigenvalue weighted by Gasteiger charge is 2.15. The zero-order valence-electron chi connectivity index (χ0n) is 13.2. The van der Waals surface area contributed by atoms with Crippen LogP contribution in [0.15, 0.2) is 47.5 Å². The molecule has 120 valence electrons. The first-order valence-electron chi connectivity index (χ1n) is 6.97. The molecule has 0 fully saturated rings. The van der Waals surface area contributed by atoms with Gasteiger partial charge in [0, 0.05) is 11.8 Å². The number of rotatable bonds is 3. The summed E-state index contributed by atoms with van der Waals surface area (Å²) in [5.74, 6) is 5.77. The summed E-state index contributed by atoms with van der Waals surface area (Å²) < 4.78 is 27.2. The number of benzene rings is 1. The standard InChI is InChI=1S/C17H18N2O3S/c1-13-5-4-12-18-16(13)19-23(21,22)15-8-6-14(7-9-15)10-11-17(2,3)20/h4-9,12,20H,1-3H3,(H,18,19). The van der Waals surface area contributed by atoms with Crippen LogP contribution < -0.4 is 4.72 Å². The smallest absolute Gasteiger partial charge is 0.263 e. The van der Waals surface area contributed by atoms with Gasteiger partial charge in [0.25, 0.3) is 10.0 Å². The lowest BCUT2D eigenvalue weighted by molar-refractivity contribution is 0.143. The maximum atomic E-state index is 12.4. The molecule has 1 heterocycles. The van der Waals surface area contributed by atoms with Crippen molar-refractivity contribution in [2.75, 3.05) is 4.72 Å². The lowest BCUT2D eigenvalue weighted by atomic mass is 10.1. The average Bonchev–Trinajstić information content (AvgIpc) is 2.47. The molecular formula is C17H18N2O3S. The molecule has 2 aromatic rings. The summed E-state index contributed by atoms with van der Waals surface area (Å²) in [5, 5.41) is 9.57. The zero-order chi connectivity index (χ0) is 17.1. The van der Waals surface area contributed by atoms with E-state index in [1.54, 1.807) is 45.0 Å². The van der Waals surface area contributed by atoms with Crippen LogP contribution in [0, 0.1) is 18.8 Å². The summed E-state index contributed by atoms with van der Waals surface area (Å²) in [6.07, 6.45) is 1.53. The molecule has 1 aromatic carbocycles. The Labute approximate surface area is 136 Å². The van der Waals surface area contributed by atoms with Crippen molar-refractivity contribution < 1.29 is 13.5 Å². The zero-order valence-corrected chi connectivity index (χ0v) is 14.0. The van der Waals surface area contributed by atoms with Crippen LogP contribution in [0.1, 0.15) is 25.0 Å². The van der Waals surface area contributed by atoms with Crippen LogP contribution in [0.5, 0.6) is 0 Å². The summed E-state index contributed by atoms with van der Waals surface area (Å²) in [6.45, 7) is 4.94. The number of nitrogens with zero attached hydrogens (tertiary/aromatic N) is 1. The maximum Gasteiger partial charge on any atom is 0.263 e. The van der Waals surface area contributed by atoms with Gasteiger partial charge in [-0.1, -0.05) is 17.9 Å². The van der Waals surface area contributed by atoms with Gasteiger partial charge in [-0.25, -0.2) is 13.4 Å². The van der Waals surface area contributed by atoms with Crippen molar-refractivity contribution in [1.29, 1.82) is 0 Å². The topological polar surface area (TPSA) is 79.3 Å². The van der Waals surface area contributed by atoms with E-state index in [4.69, 9.17) is 0 Å². The molecule has 0 aliphatic rings. The molecular weight excluding hydrogens is 312 g/mol. The van der Waals surface area contributed by atoms with Crippen LogP contribution in [0.3, 0.4) is 0 Å². The molecule has 1 aromatic heterocycles. The number of aryl methyl sites for hydroxylation is 1. The molecule has 2 rings (SSSR count). The number of anilines is 1. The predicted molar refractivity (Wildman–Crippen MR) is 89.4 cm³/mol. The van der Waals surface area contributed by atoms with E-state index in [2.05, 4.69) is 21.5 Å². The van der Waals surface area contributed by atoms with E-state index < -0.39 is 15.6 Å². The Bertz CT molecular complexity index is 855. The minimum absolute atomic E-state index is 0.122. The van der Waals surface area contributed by atoms with E-state index in [0.29, 0.717) is 11.4 Å². The second-order valence-corrected chi connectivity index (χ2v) is 7.29. The molecule has 2 N–H and O–H groups in total. The van der Waals surface area contributed by atoms with Gasteiger partial charge in [0.05, 0.1) is 4.90 Å². The molecule has 0 amide bonds. The van der Waals surface area contributed by atoms with Crippen molar-refractivity contribution >= 4 is 15.8 Å². The summed E-state index contributed by atoms with van der Waals surface area (Å²) in [4.78, 5) is 4.14. The van der Waals surface area contributed by atoms with Crippen molar-refractivity contribution in [3.8, 4) is 11.8 Å². The molecule has 0 saturated heterocycles. The van der Waals surface area contributed by atoms with Crippen LogP contribution in [-0.2, 0) is 10.0 Å². The highest BCUT2D eigenvalue weighted by molar-refractivity contribution is 7.92. The maximum absolute atomic E-state index is 12.4. The molecule has 0 aliphatic carbocycles. The molecule has 0 saturated carbocycles. The van der Waals surface area contributed by atoms with Gasteiger partial charge in [0.1, 0.15) is 11.4 Å². The monoisotopic (exact) mass is 330 g/mol. The third kappa shape index (κ3) is 4.81. The molecule has 0 unspecified atom stereocenters. The van der Waals surface area contributed by atoms with Gasteiger partial charge in [0.15, 0.2) is 0 Å². The summed E-state index contributed by atoms with van der Waals surface area (Å²) in [7, 11) is -3.71. The van der Waals surface area contributed by atoms with Crippen molar-refractivity contribution in [2.24, 2.45) is 0 Å². The number of pyridine rings is 1. The molecule has 0 atom stereocenters.